The molecule has 0 unspecified atom stereocenters. The maximum Gasteiger partial charge on any atom is 0.325 e. The van der Waals surface area contributed by atoms with Gasteiger partial charge in [0, 0.05) is 12.1 Å². The molecule has 0 saturated carbocycles. The normalized spacial score (nSPS) is 10.8. The number of benzene rings is 3. The minimum absolute atomic E-state index is 0.122. The molecule has 0 aliphatic heterocycles. The summed E-state index contributed by atoms with van der Waals surface area (Å²) in [4.78, 5) is 36.1. The van der Waals surface area contributed by atoms with E-state index < -0.39 is 5.97 Å². The fourth-order valence-corrected chi connectivity index (χ4v) is 3.30. The first kappa shape index (κ1) is 19.5. The highest BCUT2D eigenvalue weighted by molar-refractivity contribution is 5.99. The molecule has 0 N–H and O–H groups in total. The molecule has 4 aromatic rings. The number of carbonyl (C=O) groups is 2. The summed E-state index contributed by atoms with van der Waals surface area (Å²) in [5, 5.41) is 0. The van der Waals surface area contributed by atoms with Gasteiger partial charge >= 0.3 is 5.97 Å². The summed E-state index contributed by atoms with van der Waals surface area (Å²) in [6, 6.07) is 22.4. The molecule has 0 fully saturated rings. The molecule has 0 saturated heterocycles. The van der Waals surface area contributed by atoms with E-state index in [0.717, 1.165) is 16.6 Å². The van der Waals surface area contributed by atoms with Crippen LogP contribution in [0.25, 0.3) is 22.1 Å². The van der Waals surface area contributed by atoms with Gasteiger partial charge in [-0.1, -0.05) is 42.5 Å². The lowest BCUT2D eigenvalue weighted by Crippen LogP contribution is -2.36. The van der Waals surface area contributed by atoms with Gasteiger partial charge in [-0.15, -0.1) is 0 Å². The van der Waals surface area contributed by atoms with Gasteiger partial charge in [-0.3, -0.25) is 9.59 Å². The third-order valence-electron chi connectivity index (χ3n) is 4.71. The molecule has 6 nitrogen and oxygen atoms in total. The number of ether oxygens (including phenoxy) is 1. The monoisotopic (exact) mass is 399 g/mol. The molecule has 0 bridgehead atoms. The Morgan fingerprint density at radius 1 is 0.833 bits per heavy atom. The topological polar surface area (TPSA) is 72.4 Å². The maximum atomic E-state index is 13.3. The number of hydrogen-bond donors (Lipinski definition) is 0. The third kappa shape index (κ3) is 4.27. The lowest BCUT2D eigenvalue weighted by Gasteiger charge is -2.22. The first-order chi connectivity index (χ1) is 14.6. The van der Waals surface area contributed by atoms with Crippen LogP contribution < -0.4 is 0 Å². The lowest BCUT2D eigenvalue weighted by atomic mass is 10.1. The Kier molecular flexibility index (Phi) is 5.66. The number of rotatable bonds is 6. The van der Waals surface area contributed by atoms with Crippen LogP contribution in [-0.2, 0) is 16.1 Å². The number of fused-ring (bicyclic) bond motifs is 2. The zero-order valence-corrected chi connectivity index (χ0v) is 16.6. The van der Waals surface area contributed by atoms with Gasteiger partial charge in [-0.2, -0.15) is 0 Å². The highest BCUT2D eigenvalue weighted by Crippen LogP contribution is 2.19. The summed E-state index contributed by atoms with van der Waals surface area (Å²) in [5.74, 6) is -0.697. The second-order valence-electron chi connectivity index (χ2n) is 6.87. The average Bonchev–Trinajstić information content (AvgIpc) is 2.77. The van der Waals surface area contributed by atoms with Crippen molar-refractivity contribution in [2.75, 3.05) is 13.2 Å². The van der Waals surface area contributed by atoms with Crippen LogP contribution in [0.5, 0.6) is 0 Å². The number of nitrogens with zero attached hydrogens (tertiary/aromatic N) is 3. The van der Waals surface area contributed by atoms with Gasteiger partial charge in [0.2, 0.25) is 0 Å². The molecule has 0 aliphatic rings. The Hall–Kier alpha value is -3.80. The first-order valence-electron chi connectivity index (χ1n) is 9.79. The smallest absolute Gasteiger partial charge is 0.325 e. The number of para-hydroxylation sites is 2. The molecule has 0 atom stereocenters. The standard InChI is InChI=1S/C24H21N3O3/c1-2-30-23(28)16-27(15-17-8-4-3-5-9-17)24(29)18-12-13-21-22(14-18)26-20-11-7-6-10-19(20)25-21/h3-14H,2,15-16H2,1H3. The number of aromatic nitrogens is 2. The summed E-state index contributed by atoms with van der Waals surface area (Å²) in [5.41, 5.74) is 4.30. The van der Waals surface area contributed by atoms with Crippen molar-refractivity contribution in [1.29, 1.82) is 0 Å². The molecule has 0 spiro atoms. The largest absolute Gasteiger partial charge is 0.465 e. The Morgan fingerprint density at radius 3 is 2.17 bits per heavy atom. The summed E-state index contributed by atoms with van der Waals surface area (Å²) in [7, 11) is 0. The Labute approximate surface area is 174 Å². The van der Waals surface area contributed by atoms with Crippen LogP contribution in [-0.4, -0.2) is 39.9 Å². The van der Waals surface area contributed by atoms with E-state index in [1.807, 2.05) is 54.6 Å². The Bertz CT molecular complexity index is 1210. The highest BCUT2D eigenvalue weighted by Gasteiger charge is 2.20. The van der Waals surface area contributed by atoms with Crippen LogP contribution in [0, 0.1) is 0 Å². The van der Waals surface area contributed by atoms with Gasteiger partial charge in [0.15, 0.2) is 0 Å². The van der Waals surface area contributed by atoms with E-state index in [1.165, 1.54) is 4.90 Å². The zero-order chi connectivity index (χ0) is 20.9. The van der Waals surface area contributed by atoms with Gasteiger partial charge in [-0.05, 0) is 42.8 Å². The number of hydrogen-bond acceptors (Lipinski definition) is 5. The predicted octanol–water partition coefficient (Wildman–Crippen LogP) is 3.99. The van der Waals surface area contributed by atoms with E-state index in [0.29, 0.717) is 23.1 Å². The first-order valence-corrected chi connectivity index (χ1v) is 9.79. The van der Waals surface area contributed by atoms with Crippen LogP contribution in [0.4, 0.5) is 0 Å². The van der Waals surface area contributed by atoms with E-state index in [4.69, 9.17) is 4.74 Å². The van der Waals surface area contributed by atoms with Crippen molar-refractivity contribution in [2.45, 2.75) is 13.5 Å². The van der Waals surface area contributed by atoms with E-state index >= 15 is 0 Å². The summed E-state index contributed by atoms with van der Waals surface area (Å²) < 4.78 is 5.06. The molecule has 150 valence electrons. The van der Waals surface area contributed by atoms with Crippen molar-refractivity contribution in [3.8, 4) is 0 Å². The number of esters is 1. The maximum absolute atomic E-state index is 13.3. The third-order valence-corrected chi connectivity index (χ3v) is 4.71. The fourth-order valence-electron chi connectivity index (χ4n) is 3.30. The molecule has 1 aromatic heterocycles. The average molecular weight is 399 g/mol. The molecular formula is C24H21N3O3. The molecule has 1 heterocycles. The van der Waals surface area contributed by atoms with Crippen LogP contribution >= 0.6 is 0 Å². The SMILES string of the molecule is CCOC(=O)CN(Cc1ccccc1)C(=O)c1ccc2nc3ccccc3nc2c1. The van der Waals surface area contributed by atoms with Crippen LogP contribution in [0.15, 0.2) is 72.8 Å². The predicted molar refractivity (Wildman–Crippen MR) is 115 cm³/mol. The second-order valence-corrected chi connectivity index (χ2v) is 6.87. The van der Waals surface area contributed by atoms with E-state index in [9.17, 15) is 9.59 Å². The van der Waals surface area contributed by atoms with Gasteiger partial charge in [0.25, 0.3) is 5.91 Å². The van der Waals surface area contributed by atoms with E-state index in [-0.39, 0.29) is 19.1 Å². The summed E-state index contributed by atoms with van der Waals surface area (Å²) in [6.07, 6.45) is 0. The number of amides is 1. The molecule has 3 aromatic carbocycles. The van der Waals surface area contributed by atoms with E-state index in [2.05, 4.69) is 9.97 Å². The minimum Gasteiger partial charge on any atom is -0.465 e. The summed E-state index contributed by atoms with van der Waals surface area (Å²) >= 11 is 0. The van der Waals surface area contributed by atoms with Crippen molar-refractivity contribution < 1.29 is 14.3 Å². The molecular weight excluding hydrogens is 378 g/mol. The van der Waals surface area contributed by atoms with Crippen molar-refractivity contribution in [3.63, 3.8) is 0 Å². The quantitative estimate of drug-likeness (QED) is 0.362. The van der Waals surface area contributed by atoms with Crippen molar-refractivity contribution in [3.05, 3.63) is 83.9 Å². The summed E-state index contributed by atoms with van der Waals surface area (Å²) in [6.45, 7) is 2.20. The van der Waals surface area contributed by atoms with Crippen molar-refractivity contribution >= 4 is 33.9 Å². The van der Waals surface area contributed by atoms with Gasteiger partial charge in [0.1, 0.15) is 6.54 Å². The second kappa shape index (κ2) is 8.69. The minimum atomic E-state index is -0.437. The highest BCUT2D eigenvalue weighted by atomic mass is 16.5. The van der Waals surface area contributed by atoms with Crippen molar-refractivity contribution in [1.82, 2.24) is 14.9 Å². The molecule has 0 aliphatic carbocycles. The van der Waals surface area contributed by atoms with Gasteiger partial charge in [-0.25, -0.2) is 9.97 Å². The molecule has 30 heavy (non-hydrogen) atoms. The molecule has 6 heteroatoms. The number of carbonyl (C=O) groups excluding carboxylic acids is 2. The van der Waals surface area contributed by atoms with Crippen LogP contribution in [0.1, 0.15) is 22.8 Å². The Balaban J connectivity index is 1.67. The van der Waals surface area contributed by atoms with Crippen LogP contribution in [0.3, 0.4) is 0 Å². The lowest BCUT2D eigenvalue weighted by molar-refractivity contribution is -0.143. The molecule has 1 amide bonds. The molecule has 0 radical (unpaired) electrons. The van der Waals surface area contributed by atoms with E-state index in [1.54, 1.807) is 25.1 Å². The Morgan fingerprint density at radius 2 is 1.47 bits per heavy atom. The van der Waals surface area contributed by atoms with Crippen molar-refractivity contribution in [2.24, 2.45) is 0 Å². The molecule has 4 rings (SSSR count). The zero-order valence-electron chi connectivity index (χ0n) is 16.6. The van der Waals surface area contributed by atoms with Gasteiger partial charge < -0.3 is 9.64 Å². The van der Waals surface area contributed by atoms with Crippen LogP contribution in [0.2, 0.25) is 0 Å². The fraction of sp³-hybridized carbons (Fsp3) is 0.167. The van der Waals surface area contributed by atoms with Gasteiger partial charge in [0.05, 0.1) is 28.7 Å².